The Hall–Kier alpha value is -2.02. The molecule has 1 aromatic rings. The maximum Gasteiger partial charge on any atom is 0.338 e. The van der Waals surface area contributed by atoms with E-state index in [2.05, 4.69) is 12.2 Å². The number of carbonyl (C=O) groups is 3. The number of piperidine rings is 1. The zero-order valence-corrected chi connectivity index (χ0v) is 15.9. The van der Waals surface area contributed by atoms with Gasteiger partial charge in [0, 0.05) is 30.2 Å². The number of amides is 2. The number of hydrogen-bond acceptors (Lipinski definition) is 5. The molecule has 0 aromatic heterocycles. The number of nitrogens with zero attached hydrogens (tertiary/aromatic N) is 1. The largest absolute Gasteiger partial charge is 0.449 e. The molecule has 26 heavy (non-hydrogen) atoms. The molecule has 2 amide bonds. The molecule has 2 aliphatic rings. The SMILES string of the molecule is CC1CCN(C(=O)[C@H](C)OC(=O)c2ccc3c(c2)NC(=O)CCS3)CC1. The van der Waals surface area contributed by atoms with Crippen molar-refractivity contribution in [3.05, 3.63) is 23.8 Å². The molecule has 0 bridgehead atoms. The molecule has 140 valence electrons. The van der Waals surface area contributed by atoms with Crippen LogP contribution in [0, 0.1) is 5.92 Å². The van der Waals surface area contributed by atoms with Crippen molar-refractivity contribution >= 4 is 35.2 Å². The van der Waals surface area contributed by atoms with Crippen molar-refractivity contribution in [2.24, 2.45) is 5.92 Å². The van der Waals surface area contributed by atoms with Crippen LogP contribution in [0.4, 0.5) is 5.69 Å². The van der Waals surface area contributed by atoms with Crippen LogP contribution < -0.4 is 5.32 Å². The fraction of sp³-hybridized carbons (Fsp3) is 0.526. The highest BCUT2D eigenvalue weighted by molar-refractivity contribution is 7.99. The van der Waals surface area contributed by atoms with E-state index < -0.39 is 12.1 Å². The van der Waals surface area contributed by atoms with Gasteiger partial charge in [-0.2, -0.15) is 0 Å². The molecule has 1 N–H and O–H groups in total. The number of rotatable bonds is 3. The predicted molar refractivity (Wildman–Crippen MR) is 100 cm³/mol. The lowest BCUT2D eigenvalue weighted by Gasteiger charge is -2.31. The number of carbonyl (C=O) groups excluding carboxylic acids is 3. The molecular weight excluding hydrogens is 352 g/mol. The third-order valence-electron chi connectivity index (χ3n) is 4.80. The Kier molecular flexibility index (Phi) is 5.86. The maximum atomic E-state index is 12.5. The van der Waals surface area contributed by atoms with Crippen molar-refractivity contribution in [3.63, 3.8) is 0 Å². The molecule has 0 spiro atoms. The molecule has 0 saturated carbocycles. The fourth-order valence-corrected chi connectivity index (χ4v) is 4.05. The lowest BCUT2D eigenvalue weighted by molar-refractivity contribution is -0.141. The minimum absolute atomic E-state index is 0.0651. The quantitative estimate of drug-likeness (QED) is 0.821. The number of ether oxygens (including phenoxy) is 1. The molecule has 2 heterocycles. The lowest BCUT2D eigenvalue weighted by Crippen LogP contribution is -2.44. The first-order chi connectivity index (χ1) is 12.4. The summed E-state index contributed by atoms with van der Waals surface area (Å²) in [7, 11) is 0. The van der Waals surface area contributed by atoms with Crippen molar-refractivity contribution in [2.75, 3.05) is 24.2 Å². The van der Waals surface area contributed by atoms with Crippen LogP contribution in [-0.4, -0.2) is 47.6 Å². The summed E-state index contributed by atoms with van der Waals surface area (Å²) in [5.74, 6) is 0.573. The monoisotopic (exact) mass is 376 g/mol. The number of hydrogen-bond donors (Lipinski definition) is 1. The number of esters is 1. The Labute approximate surface area is 157 Å². The minimum atomic E-state index is -0.821. The fourth-order valence-electron chi connectivity index (χ4n) is 3.11. The molecule has 2 aliphatic heterocycles. The minimum Gasteiger partial charge on any atom is -0.449 e. The van der Waals surface area contributed by atoms with Crippen LogP contribution in [0.5, 0.6) is 0 Å². The van der Waals surface area contributed by atoms with E-state index >= 15 is 0 Å². The van der Waals surface area contributed by atoms with Crippen LogP contribution in [0.25, 0.3) is 0 Å². The smallest absolute Gasteiger partial charge is 0.338 e. The van der Waals surface area contributed by atoms with Crippen molar-refractivity contribution in [3.8, 4) is 0 Å². The first-order valence-corrected chi connectivity index (χ1v) is 9.99. The predicted octanol–water partition coefficient (Wildman–Crippen LogP) is 2.92. The average molecular weight is 376 g/mol. The highest BCUT2D eigenvalue weighted by Crippen LogP contribution is 2.31. The van der Waals surface area contributed by atoms with Crippen molar-refractivity contribution < 1.29 is 19.1 Å². The van der Waals surface area contributed by atoms with Gasteiger partial charge in [0.15, 0.2) is 6.10 Å². The van der Waals surface area contributed by atoms with Gasteiger partial charge in [0.1, 0.15) is 0 Å². The van der Waals surface area contributed by atoms with Gasteiger partial charge in [-0.1, -0.05) is 6.92 Å². The molecule has 7 heteroatoms. The second-order valence-corrected chi connectivity index (χ2v) is 8.05. The summed E-state index contributed by atoms with van der Waals surface area (Å²) >= 11 is 1.58. The summed E-state index contributed by atoms with van der Waals surface area (Å²) in [6.45, 7) is 5.22. The lowest BCUT2D eigenvalue weighted by atomic mass is 9.99. The summed E-state index contributed by atoms with van der Waals surface area (Å²) in [5.41, 5.74) is 0.953. The molecule has 0 unspecified atom stereocenters. The number of fused-ring (bicyclic) bond motifs is 1. The molecule has 1 aromatic carbocycles. The van der Waals surface area contributed by atoms with Crippen LogP contribution in [-0.2, 0) is 14.3 Å². The first kappa shape index (κ1) is 18.8. The summed E-state index contributed by atoms with van der Waals surface area (Å²) in [6.07, 6.45) is 1.58. The molecule has 1 fully saturated rings. The van der Waals surface area contributed by atoms with Crippen LogP contribution in [0.3, 0.4) is 0 Å². The van der Waals surface area contributed by atoms with E-state index in [-0.39, 0.29) is 11.8 Å². The van der Waals surface area contributed by atoms with E-state index in [0.29, 0.717) is 42.4 Å². The van der Waals surface area contributed by atoms with Crippen molar-refractivity contribution in [1.82, 2.24) is 4.90 Å². The number of thioether (sulfide) groups is 1. The van der Waals surface area contributed by atoms with Crippen LogP contribution >= 0.6 is 11.8 Å². The van der Waals surface area contributed by atoms with E-state index in [1.54, 1.807) is 41.8 Å². The van der Waals surface area contributed by atoms with Crippen LogP contribution in [0.2, 0.25) is 0 Å². The summed E-state index contributed by atoms with van der Waals surface area (Å²) in [6, 6.07) is 5.10. The van der Waals surface area contributed by atoms with Gasteiger partial charge in [0.2, 0.25) is 5.91 Å². The van der Waals surface area contributed by atoms with Crippen molar-refractivity contribution in [1.29, 1.82) is 0 Å². The standard InChI is InChI=1S/C19H24N2O4S/c1-12-5-8-21(9-6-12)18(23)13(2)25-19(24)14-3-4-16-15(11-14)20-17(22)7-10-26-16/h3-4,11-13H,5-10H2,1-2H3,(H,20,22)/t13-/m0/s1. The van der Waals surface area contributed by atoms with Crippen LogP contribution in [0.15, 0.2) is 23.1 Å². The first-order valence-electron chi connectivity index (χ1n) is 9.00. The third-order valence-corrected chi connectivity index (χ3v) is 5.88. The number of benzene rings is 1. The van der Waals surface area contributed by atoms with Gasteiger partial charge in [-0.25, -0.2) is 4.79 Å². The molecule has 1 atom stereocenters. The second-order valence-electron chi connectivity index (χ2n) is 6.91. The third kappa shape index (κ3) is 4.38. The van der Waals surface area contributed by atoms with Crippen molar-refractivity contribution in [2.45, 2.75) is 44.1 Å². The maximum absolute atomic E-state index is 12.5. The molecule has 0 aliphatic carbocycles. The topological polar surface area (TPSA) is 75.7 Å². The van der Waals surface area contributed by atoms with Gasteiger partial charge in [-0.3, -0.25) is 9.59 Å². The van der Waals surface area contributed by atoms with E-state index in [1.165, 1.54) is 0 Å². The van der Waals surface area contributed by atoms with Gasteiger partial charge in [0.05, 0.1) is 11.3 Å². The Morgan fingerprint density at radius 1 is 1.31 bits per heavy atom. The van der Waals surface area contributed by atoms with Gasteiger partial charge in [0.25, 0.3) is 5.91 Å². The summed E-state index contributed by atoms with van der Waals surface area (Å²) in [5, 5.41) is 2.81. The van der Waals surface area contributed by atoms with Gasteiger partial charge >= 0.3 is 5.97 Å². The van der Waals surface area contributed by atoms with E-state index in [9.17, 15) is 14.4 Å². The Morgan fingerprint density at radius 3 is 2.77 bits per heavy atom. The summed E-state index contributed by atoms with van der Waals surface area (Å²) in [4.78, 5) is 39.3. The zero-order valence-electron chi connectivity index (χ0n) is 15.1. The van der Waals surface area contributed by atoms with Gasteiger partial charge in [-0.05, 0) is 43.9 Å². The van der Waals surface area contributed by atoms with E-state index in [0.717, 1.165) is 17.7 Å². The highest BCUT2D eigenvalue weighted by Gasteiger charge is 2.27. The number of nitrogens with one attached hydrogen (secondary N) is 1. The normalized spacial score (nSPS) is 19.2. The molecular formula is C19H24N2O4S. The van der Waals surface area contributed by atoms with Gasteiger partial charge < -0.3 is 15.0 Å². The average Bonchev–Trinajstić information content (AvgIpc) is 2.81. The summed E-state index contributed by atoms with van der Waals surface area (Å²) < 4.78 is 5.38. The zero-order chi connectivity index (χ0) is 18.7. The highest BCUT2D eigenvalue weighted by atomic mass is 32.2. The Bertz CT molecular complexity index is 713. The van der Waals surface area contributed by atoms with E-state index in [1.807, 2.05) is 0 Å². The second kappa shape index (κ2) is 8.12. The Balaban J connectivity index is 1.64. The molecule has 6 nitrogen and oxygen atoms in total. The van der Waals surface area contributed by atoms with E-state index in [4.69, 9.17) is 4.74 Å². The van der Waals surface area contributed by atoms with Crippen LogP contribution in [0.1, 0.15) is 43.5 Å². The molecule has 1 saturated heterocycles. The number of anilines is 1. The molecule has 0 radical (unpaired) electrons. The van der Waals surface area contributed by atoms with Gasteiger partial charge in [-0.15, -0.1) is 11.8 Å². The Morgan fingerprint density at radius 2 is 2.04 bits per heavy atom. The number of likely N-dealkylation sites (tertiary alicyclic amines) is 1. The molecule has 3 rings (SSSR count).